The smallest absolute Gasteiger partial charge is 0.0509 e. The van der Waals surface area contributed by atoms with E-state index in [1.165, 1.54) is 134 Å². The van der Waals surface area contributed by atoms with Gasteiger partial charge in [-0.25, -0.2) is 0 Å². The van der Waals surface area contributed by atoms with E-state index in [9.17, 15) is 0 Å². The van der Waals surface area contributed by atoms with Crippen LogP contribution in [0.1, 0.15) is 99.9 Å². The molecular weight excluding hydrogens is 869 g/mol. The Balaban J connectivity index is 0.800. The van der Waals surface area contributed by atoms with Gasteiger partial charge >= 0.3 is 0 Å². The van der Waals surface area contributed by atoms with Crippen LogP contribution < -0.4 is 9.80 Å². The van der Waals surface area contributed by atoms with Crippen LogP contribution in [0.15, 0.2) is 206 Å². The molecule has 10 aromatic rings. The van der Waals surface area contributed by atoms with E-state index in [1.54, 1.807) is 0 Å². The van der Waals surface area contributed by atoms with Gasteiger partial charge < -0.3 is 9.80 Å². The van der Waals surface area contributed by atoms with Gasteiger partial charge in [0.05, 0.1) is 22.7 Å². The maximum atomic E-state index is 2.54. The van der Waals surface area contributed by atoms with Gasteiger partial charge in [-0.05, 0) is 179 Å². The van der Waals surface area contributed by atoms with E-state index in [1.807, 2.05) is 0 Å². The summed E-state index contributed by atoms with van der Waals surface area (Å²) >= 11 is 0. The van der Waals surface area contributed by atoms with E-state index < -0.39 is 0 Å². The second-order valence-corrected chi connectivity index (χ2v) is 23.0. The molecule has 4 aliphatic rings. The topological polar surface area (TPSA) is 6.48 Å². The van der Waals surface area contributed by atoms with Crippen LogP contribution in [0.5, 0.6) is 0 Å². The van der Waals surface area contributed by atoms with E-state index >= 15 is 0 Å². The molecule has 0 N–H and O–H groups in total. The summed E-state index contributed by atoms with van der Waals surface area (Å²) in [7, 11) is 0. The average molecular weight is 927 g/mol. The van der Waals surface area contributed by atoms with Crippen LogP contribution in [0, 0.1) is 0 Å². The van der Waals surface area contributed by atoms with Crippen LogP contribution >= 0.6 is 0 Å². The average Bonchev–Trinajstić information content (AvgIpc) is 3.76. The van der Waals surface area contributed by atoms with Gasteiger partial charge in [0.15, 0.2) is 0 Å². The van der Waals surface area contributed by atoms with Crippen molar-refractivity contribution in [3.05, 3.63) is 251 Å². The fourth-order valence-corrected chi connectivity index (χ4v) is 13.5. The predicted molar refractivity (Wildman–Crippen MR) is 304 cm³/mol. The van der Waals surface area contributed by atoms with Crippen LogP contribution in [-0.2, 0) is 21.7 Å². The van der Waals surface area contributed by atoms with E-state index in [0.717, 1.165) is 0 Å². The second-order valence-electron chi connectivity index (χ2n) is 23.0. The Labute approximate surface area is 424 Å². The highest BCUT2D eigenvalue weighted by Crippen LogP contribution is 2.60. The Morgan fingerprint density at radius 1 is 0.236 bits per heavy atom. The van der Waals surface area contributed by atoms with E-state index in [2.05, 4.69) is 271 Å². The highest BCUT2D eigenvalue weighted by atomic mass is 15.2. The largest absolute Gasteiger partial charge is 0.310 e. The van der Waals surface area contributed by atoms with Crippen molar-refractivity contribution in [3.8, 4) is 44.5 Å². The zero-order valence-electron chi connectivity index (χ0n) is 42.5. The van der Waals surface area contributed by atoms with Crippen molar-refractivity contribution in [2.45, 2.75) is 77.0 Å². The fraction of sp³-hybridized carbons (Fsp3) is 0.171. The minimum atomic E-state index is -0.180. The van der Waals surface area contributed by atoms with Crippen molar-refractivity contribution in [2.24, 2.45) is 0 Å². The number of rotatable bonds is 4. The standard InChI is InChI=1S/C70H58N2/c1-67(2)55-23-15-18-26-64(55)72(50-21-13-10-14-22-50)66-42-60-53(39-61(66)67)51-33-31-47(37-57(51)70(60,7)8)45-29-27-44-36-46(30-28-43(44)35-45)48-32-34-52-54-40-65-62(41-59(54)69(5,6)58(52)38-48)68(3,4)56-24-16-17-25-63(56)71(65)49-19-11-9-12-20-49/h9-42H,1-8H3. The molecule has 0 bridgehead atoms. The minimum Gasteiger partial charge on any atom is -0.310 e. The number of benzene rings is 10. The fourth-order valence-electron chi connectivity index (χ4n) is 13.5. The molecule has 0 fully saturated rings. The third kappa shape index (κ3) is 5.90. The molecule has 0 radical (unpaired) electrons. The molecule has 2 heterocycles. The number of hydrogen-bond donors (Lipinski definition) is 0. The Morgan fingerprint density at radius 2 is 0.597 bits per heavy atom. The SMILES string of the molecule is CC1(C)c2cc(-c3ccc4cc(-c5ccc6c(c5)C(C)(C)c5cc7c(cc5-6)N(c5ccccc5)c5ccccc5C7(C)C)ccc4c3)ccc2-c2cc3c(cc21)N(c1ccccc1)c1ccccc1C3(C)C. The molecule has 348 valence electrons. The van der Waals surface area contributed by atoms with Gasteiger partial charge in [-0.1, -0.05) is 183 Å². The zero-order chi connectivity index (χ0) is 49.1. The number of hydrogen-bond acceptors (Lipinski definition) is 2. The van der Waals surface area contributed by atoms with E-state index in [0.29, 0.717) is 0 Å². The third-order valence-electron chi connectivity index (χ3n) is 17.6. The lowest BCUT2D eigenvalue weighted by atomic mass is 9.71. The number of para-hydroxylation sites is 4. The maximum absolute atomic E-state index is 2.54. The molecule has 0 atom stereocenters. The second kappa shape index (κ2) is 14.8. The monoisotopic (exact) mass is 926 g/mol. The molecule has 0 amide bonds. The summed E-state index contributed by atoms with van der Waals surface area (Å²) in [4.78, 5) is 4.96. The Hall–Kier alpha value is -7.94. The Bertz CT molecular complexity index is 3920. The first kappa shape index (κ1) is 42.9. The van der Waals surface area contributed by atoms with Crippen molar-refractivity contribution in [1.82, 2.24) is 0 Å². The summed E-state index contributed by atoms with van der Waals surface area (Å²) in [6, 6.07) is 78.2. The lowest BCUT2D eigenvalue weighted by Crippen LogP contribution is -2.31. The van der Waals surface area contributed by atoms with Crippen molar-refractivity contribution in [1.29, 1.82) is 0 Å². The summed E-state index contributed by atoms with van der Waals surface area (Å²) in [5.41, 5.74) is 28.1. The lowest BCUT2D eigenvalue weighted by Gasteiger charge is -2.43. The normalized spacial score (nSPS) is 16.4. The molecule has 0 aromatic heterocycles. The van der Waals surface area contributed by atoms with Gasteiger partial charge in [-0.2, -0.15) is 0 Å². The summed E-state index contributed by atoms with van der Waals surface area (Å²) in [5, 5.41) is 2.50. The molecule has 0 saturated carbocycles. The number of nitrogens with zero attached hydrogens (tertiary/aromatic N) is 2. The molecule has 0 saturated heterocycles. The Morgan fingerprint density at radius 3 is 1.10 bits per heavy atom. The maximum Gasteiger partial charge on any atom is 0.0509 e. The molecular formula is C70H58N2. The molecule has 0 spiro atoms. The third-order valence-corrected chi connectivity index (χ3v) is 17.6. The van der Waals surface area contributed by atoms with E-state index in [4.69, 9.17) is 0 Å². The molecule has 10 aromatic carbocycles. The lowest BCUT2D eigenvalue weighted by molar-refractivity contribution is 0.620. The molecule has 72 heavy (non-hydrogen) atoms. The summed E-state index contributed by atoms with van der Waals surface area (Å²) in [5.74, 6) is 0. The predicted octanol–water partition coefficient (Wildman–Crippen LogP) is 19.0. The van der Waals surface area contributed by atoms with Crippen molar-refractivity contribution < 1.29 is 0 Å². The molecule has 14 rings (SSSR count). The Kier molecular flexibility index (Phi) is 8.82. The van der Waals surface area contributed by atoms with Crippen molar-refractivity contribution >= 4 is 44.9 Å². The summed E-state index contributed by atoms with van der Waals surface area (Å²) in [6.45, 7) is 19.2. The van der Waals surface area contributed by atoms with Crippen LogP contribution in [0.25, 0.3) is 55.3 Å². The zero-order valence-corrected chi connectivity index (χ0v) is 42.5. The highest BCUT2D eigenvalue weighted by Gasteiger charge is 2.44. The van der Waals surface area contributed by atoms with Crippen LogP contribution in [0.3, 0.4) is 0 Å². The van der Waals surface area contributed by atoms with Crippen LogP contribution in [-0.4, -0.2) is 0 Å². The first-order chi connectivity index (χ1) is 34.7. The number of anilines is 6. The molecule has 2 heteroatoms. The van der Waals surface area contributed by atoms with Gasteiger partial charge in [0, 0.05) is 33.0 Å². The van der Waals surface area contributed by atoms with Gasteiger partial charge in [0.2, 0.25) is 0 Å². The quantitative estimate of drug-likeness (QED) is 0.174. The first-order valence-corrected chi connectivity index (χ1v) is 25.8. The highest BCUT2D eigenvalue weighted by molar-refractivity contribution is 5.96. The minimum absolute atomic E-state index is 0.159. The molecule has 0 unspecified atom stereocenters. The molecule has 2 nitrogen and oxygen atoms in total. The van der Waals surface area contributed by atoms with Crippen molar-refractivity contribution in [3.63, 3.8) is 0 Å². The van der Waals surface area contributed by atoms with Gasteiger partial charge in [-0.3, -0.25) is 0 Å². The van der Waals surface area contributed by atoms with Crippen LogP contribution in [0.2, 0.25) is 0 Å². The summed E-state index contributed by atoms with van der Waals surface area (Å²) < 4.78 is 0. The molecule has 2 aliphatic carbocycles. The first-order valence-electron chi connectivity index (χ1n) is 25.8. The van der Waals surface area contributed by atoms with E-state index in [-0.39, 0.29) is 21.7 Å². The van der Waals surface area contributed by atoms with Gasteiger partial charge in [0.1, 0.15) is 0 Å². The van der Waals surface area contributed by atoms with Gasteiger partial charge in [-0.15, -0.1) is 0 Å². The summed E-state index contributed by atoms with van der Waals surface area (Å²) in [6.07, 6.45) is 0. The van der Waals surface area contributed by atoms with Gasteiger partial charge in [0.25, 0.3) is 0 Å². The molecule has 2 aliphatic heterocycles. The number of fused-ring (bicyclic) bond motifs is 11. The van der Waals surface area contributed by atoms with Crippen molar-refractivity contribution in [2.75, 3.05) is 9.80 Å². The van der Waals surface area contributed by atoms with Crippen LogP contribution in [0.4, 0.5) is 34.1 Å².